The van der Waals surface area contributed by atoms with Crippen LogP contribution in [0.3, 0.4) is 0 Å². The molecular weight excluding hydrogens is 270 g/mol. The number of carbonyl (C=O) groups is 1. The maximum Gasteiger partial charge on any atom is 0.272 e. The summed E-state index contributed by atoms with van der Waals surface area (Å²) in [5, 5.41) is 7.00. The second kappa shape index (κ2) is 5.04. The van der Waals surface area contributed by atoms with Crippen LogP contribution in [0, 0.1) is 5.92 Å². The molecule has 0 spiro atoms. The molecule has 1 amide bonds. The number of carbonyl (C=O) groups excluding carboxylic acids is 1. The average molecular weight is 287 g/mol. The largest absolute Gasteiger partial charge is 0.472 e. The minimum atomic E-state index is -0.00815. The molecule has 1 atom stereocenters. The smallest absolute Gasteiger partial charge is 0.272 e. The molecule has 1 N–H and O–H groups in total. The number of furan rings is 1. The summed E-state index contributed by atoms with van der Waals surface area (Å²) in [4.78, 5) is 14.4. The van der Waals surface area contributed by atoms with Crippen LogP contribution in [-0.2, 0) is 4.74 Å². The van der Waals surface area contributed by atoms with Crippen molar-refractivity contribution in [1.29, 1.82) is 0 Å². The Morgan fingerprint density at radius 3 is 3.10 bits per heavy atom. The van der Waals surface area contributed by atoms with E-state index in [1.807, 2.05) is 11.0 Å². The number of aromatic amines is 1. The van der Waals surface area contributed by atoms with E-state index in [-0.39, 0.29) is 12.0 Å². The summed E-state index contributed by atoms with van der Waals surface area (Å²) in [6, 6.07) is 3.59. The zero-order valence-corrected chi connectivity index (χ0v) is 11.6. The maximum absolute atomic E-state index is 12.5. The van der Waals surface area contributed by atoms with E-state index < -0.39 is 0 Å². The molecule has 0 aromatic carbocycles. The lowest BCUT2D eigenvalue weighted by molar-refractivity contribution is -0.0315. The van der Waals surface area contributed by atoms with Crippen molar-refractivity contribution in [2.24, 2.45) is 5.92 Å². The minimum absolute atomic E-state index is 0.00815. The summed E-state index contributed by atoms with van der Waals surface area (Å²) >= 11 is 0. The van der Waals surface area contributed by atoms with E-state index in [1.165, 1.54) is 12.8 Å². The number of morpholine rings is 1. The van der Waals surface area contributed by atoms with Gasteiger partial charge < -0.3 is 14.1 Å². The number of hydrogen-bond donors (Lipinski definition) is 1. The predicted molar refractivity (Wildman–Crippen MR) is 74.7 cm³/mol. The lowest BCUT2D eigenvalue weighted by Crippen LogP contribution is -2.46. The van der Waals surface area contributed by atoms with Crippen molar-refractivity contribution in [2.75, 3.05) is 19.7 Å². The highest BCUT2D eigenvalue weighted by molar-refractivity contribution is 5.93. The Hall–Kier alpha value is -2.08. The number of H-pyrrole nitrogens is 1. The monoisotopic (exact) mass is 287 g/mol. The average Bonchev–Trinajstić information content (AvgIpc) is 3.03. The molecule has 2 fully saturated rings. The van der Waals surface area contributed by atoms with E-state index in [1.54, 1.807) is 18.6 Å². The molecule has 2 aromatic heterocycles. The summed E-state index contributed by atoms with van der Waals surface area (Å²) in [5.74, 6) is 0.634. The maximum atomic E-state index is 12.5. The summed E-state index contributed by atoms with van der Waals surface area (Å²) in [6.07, 6.45) is 5.86. The standard InChI is InChI=1S/C15H17N3O3/c19-15(18-4-6-21-14(8-18)10-1-2-10)13-7-12(16-17-13)11-3-5-20-9-11/h3,5,7,9-10,14H,1-2,4,6,8H2,(H,16,17). The molecule has 1 aliphatic carbocycles. The highest BCUT2D eigenvalue weighted by Crippen LogP contribution is 2.35. The van der Waals surface area contributed by atoms with Gasteiger partial charge in [0.1, 0.15) is 5.69 Å². The van der Waals surface area contributed by atoms with Gasteiger partial charge in [-0.3, -0.25) is 9.89 Å². The van der Waals surface area contributed by atoms with Gasteiger partial charge in [0.25, 0.3) is 5.91 Å². The third-order valence-corrected chi connectivity index (χ3v) is 4.15. The molecular formula is C15H17N3O3. The van der Waals surface area contributed by atoms with Crippen molar-refractivity contribution in [1.82, 2.24) is 15.1 Å². The summed E-state index contributed by atoms with van der Waals surface area (Å²) in [6.45, 7) is 1.95. The summed E-state index contributed by atoms with van der Waals surface area (Å²) in [5.41, 5.74) is 2.10. The molecule has 0 bridgehead atoms. The van der Waals surface area contributed by atoms with Crippen molar-refractivity contribution >= 4 is 5.91 Å². The molecule has 2 aromatic rings. The Balaban J connectivity index is 1.49. The lowest BCUT2D eigenvalue weighted by Gasteiger charge is -2.32. The van der Waals surface area contributed by atoms with Gasteiger partial charge in [-0.2, -0.15) is 5.10 Å². The molecule has 1 saturated heterocycles. The Bertz CT molecular complexity index is 630. The van der Waals surface area contributed by atoms with Crippen molar-refractivity contribution < 1.29 is 13.9 Å². The van der Waals surface area contributed by atoms with E-state index in [2.05, 4.69) is 10.2 Å². The number of amides is 1. The van der Waals surface area contributed by atoms with Gasteiger partial charge in [0.15, 0.2) is 0 Å². The molecule has 3 heterocycles. The van der Waals surface area contributed by atoms with Crippen LogP contribution in [-0.4, -0.2) is 46.8 Å². The number of aromatic nitrogens is 2. The zero-order chi connectivity index (χ0) is 14.2. The summed E-state index contributed by atoms with van der Waals surface area (Å²) in [7, 11) is 0. The molecule has 1 saturated carbocycles. The van der Waals surface area contributed by atoms with Crippen molar-refractivity contribution in [3.63, 3.8) is 0 Å². The van der Waals surface area contributed by atoms with Crippen molar-refractivity contribution in [3.8, 4) is 11.3 Å². The fourth-order valence-corrected chi connectivity index (χ4v) is 2.77. The molecule has 6 nitrogen and oxygen atoms in total. The Labute approximate surface area is 122 Å². The fraction of sp³-hybridized carbons (Fsp3) is 0.467. The van der Waals surface area contributed by atoms with E-state index in [4.69, 9.17) is 9.15 Å². The number of nitrogens with one attached hydrogen (secondary N) is 1. The van der Waals surface area contributed by atoms with E-state index in [9.17, 15) is 4.79 Å². The number of rotatable bonds is 3. The fourth-order valence-electron chi connectivity index (χ4n) is 2.77. The predicted octanol–water partition coefficient (Wildman–Crippen LogP) is 1.92. The zero-order valence-electron chi connectivity index (χ0n) is 11.6. The van der Waals surface area contributed by atoms with Crippen LogP contribution in [0.4, 0.5) is 0 Å². The van der Waals surface area contributed by atoms with Gasteiger partial charge in [0.05, 0.1) is 30.9 Å². The van der Waals surface area contributed by atoms with Gasteiger partial charge in [-0.25, -0.2) is 0 Å². The second-order valence-corrected chi connectivity index (χ2v) is 5.68. The molecule has 6 heteroatoms. The highest BCUT2D eigenvalue weighted by Gasteiger charge is 2.36. The molecule has 21 heavy (non-hydrogen) atoms. The molecule has 0 radical (unpaired) electrons. The van der Waals surface area contributed by atoms with Crippen LogP contribution in [0.5, 0.6) is 0 Å². The quantitative estimate of drug-likeness (QED) is 0.936. The van der Waals surface area contributed by atoms with Crippen molar-refractivity contribution in [2.45, 2.75) is 18.9 Å². The van der Waals surface area contributed by atoms with Crippen LogP contribution in [0.25, 0.3) is 11.3 Å². The molecule has 1 aliphatic heterocycles. The van der Waals surface area contributed by atoms with Crippen molar-refractivity contribution in [3.05, 3.63) is 30.4 Å². The van der Waals surface area contributed by atoms with Crippen LogP contribution in [0.2, 0.25) is 0 Å². The van der Waals surface area contributed by atoms with Crippen LogP contribution in [0.1, 0.15) is 23.3 Å². The number of nitrogens with zero attached hydrogens (tertiary/aromatic N) is 2. The van der Waals surface area contributed by atoms with Gasteiger partial charge in [-0.05, 0) is 30.9 Å². The SMILES string of the molecule is O=C(c1cc(-c2ccoc2)n[nH]1)N1CCOC(C2CC2)C1. The summed E-state index contributed by atoms with van der Waals surface area (Å²) < 4.78 is 10.8. The second-order valence-electron chi connectivity index (χ2n) is 5.68. The van der Waals surface area contributed by atoms with Crippen LogP contribution < -0.4 is 0 Å². The Kier molecular flexibility index (Phi) is 3.03. The van der Waals surface area contributed by atoms with Crippen LogP contribution in [0.15, 0.2) is 29.1 Å². The first-order valence-corrected chi connectivity index (χ1v) is 7.30. The highest BCUT2D eigenvalue weighted by atomic mass is 16.5. The number of hydrogen-bond acceptors (Lipinski definition) is 4. The first-order valence-electron chi connectivity index (χ1n) is 7.30. The van der Waals surface area contributed by atoms with Gasteiger partial charge in [0, 0.05) is 18.7 Å². The minimum Gasteiger partial charge on any atom is -0.472 e. The molecule has 4 rings (SSSR count). The first kappa shape index (κ1) is 12.6. The van der Waals surface area contributed by atoms with Gasteiger partial charge in [0.2, 0.25) is 0 Å². The van der Waals surface area contributed by atoms with Gasteiger partial charge >= 0.3 is 0 Å². The first-order chi connectivity index (χ1) is 10.3. The molecule has 2 aliphatic rings. The third kappa shape index (κ3) is 2.47. The normalized spacial score (nSPS) is 22.5. The third-order valence-electron chi connectivity index (χ3n) is 4.15. The Morgan fingerprint density at radius 1 is 1.43 bits per heavy atom. The number of ether oxygens (including phenoxy) is 1. The lowest BCUT2D eigenvalue weighted by atomic mass is 10.1. The van der Waals surface area contributed by atoms with Gasteiger partial charge in [-0.15, -0.1) is 0 Å². The van der Waals surface area contributed by atoms with Crippen LogP contribution >= 0.6 is 0 Å². The van der Waals surface area contributed by atoms with E-state index in [0.29, 0.717) is 31.3 Å². The Morgan fingerprint density at radius 2 is 2.33 bits per heavy atom. The topological polar surface area (TPSA) is 71.4 Å². The van der Waals surface area contributed by atoms with E-state index in [0.717, 1.165) is 11.3 Å². The van der Waals surface area contributed by atoms with Gasteiger partial charge in [-0.1, -0.05) is 0 Å². The van der Waals surface area contributed by atoms with E-state index >= 15 is 0 Å². The molecule has 1 unspecified atom stereocenters. The molecule has 110 valence electrons.